The number of rotatable bonds is 6. The summed E-state index contributed by atoms with van der Waals surface area (Å²) in [7, 11) is -3.59. The topological polar surface area (TPSA) is 121 Å². The van der Waals surface area contributed by atoms with Gasteiger partial charge in [0.15, 0.2) is 15.3 Å². The molecule has 0 aliphatic carbocycles. The van der Waals surface area contributed by atoms with Gasteiger partial charge in [-0.05, 0) is 41.0 Å². The van der Waals surface area contributed by atoms with Gasteiger partial charge < -0.3 is 15.3 Å². The van der Waals surface area contributed by atoms with Crippen LogP contribution in [0.5, 0.6) is 0 Å². The molecular weight excluding hydrogens is 546 g/mol. The van der Waals surface area contributed by atoms with Crippen molar-refractivity contribution in [1.82, 2.24) is 4.90 Å². The number of benzene rings is 2. The van der Waals surface area contributed by atoms with Gasteiger partial charge in [-0.2, -0.15) is 26.3 Å². The smallest absolute Gasteiger partial charge is 0.407 e. The first-order valence-electron chi connectivity index (χ1n) is 10.7. The van der Waals surface area contributed by atoms with Crippen molar-refractivity contribution in [2.75, 3.05) is 11.6 Å². The van der Waals surface area contributed by atoms with E-state index in [0.717, 1.165) is 30.2 Å². The van der Waals surface area contributed by atoms with E-state index in [2.05, 4.69) is 5.32 Å². The first kappa shape index (κ1) is 28.9. The first-order chi connectivity index (χ1) is 17.3. The molecule has 1 atom stereocenters. The maximum Gasteiger partial charge on any atom is 0.407 e. The number of amides is 2. The normalized spacial score (nSPS) is 16.2. The lowest BCUT2D eigenvalue weighted by molar-refractivity contribution is -0.304. The van der Waals surface area contributed by atoms with Crippen molar-refractivity contribution in [3.05, 3.63) is 59.2 Å². The Morgan fingerprint density at radius 1 is 1.00 bits per heavy atom. The van der Waals surface area contributed by atoms with Crippen molar-refractivity contribution < 1.29 is 54.3 Å². The Hall–Kier alpha value is -3.62. The Labute approximate surface area is 212 Å². The van der Waals surface area contributed by atoms with Crippen LogP contribution in [0.4, 0.5) is 32.0 Å². The molecule has 0 aromatic heterocycles. The number of carbonyl (C=O) groups is 3. The number of hydrogen-bond acceptors (Lipinski definition) is 5. The summed E-state index contributed by atoms with van der Waals surface area (Å²) < 4.78 is 106. The van der Waals surface area contributed by atoms with Crippen LogP contribution in [0.15, 0.2) is 47.4 Å². The number of hydrogen-bond donors (Lipinski definition) is 2. The summed E-state index contributed by atoms with van der Waals surface area (Å²) in [5.74, 6) is -3.73. The van der Waals surface area contributed by atoms with Crippen LogP contribution in [0.3, 0.4) is 0 Å². The van der Waals surface area contributed by atoms with Crippen LogP contribution in [0.1, 0.15) is 36.1 Å². The molecule has 1 aliphatic rings. The van der Waals surface area contributed by atoms with E-state index in [1.165, 1.54) is 18.2 Å². The van der Waals surface area contributed by atoms with Crippen LogP contribution in [-0.4, -0.2) is 54.8 Å². The predicted octanol–water partition coefficient (Wildman–Crippen LogP) is 3.97. The van der Waals surface area contributed by atoms with E-state index in [1.807, 2.05) is 0 Å². The Morgan fingerprint density at radius 2 is 1.55 bits per heavy atom. The number of sulfone groups is 1. The van der Waals surface area contributed by atoms with Crippen molar-refractivity contribution in [2.45, 2.75) is 48.6 Å². The fourth-order valence-corrected chi connectivity index (χ4v) is 4.97. The summed E-state index contributed by atoms with van der Waals surface area (Å²) >= 11 is 0. The van der Waals surface area contributed by atoms with E-state index in [4.69, 9.17) is 5.11 Å². The van der Waals surface area contributed by atoms with Crippen molar-refractivity contribution in [3.63, 3.8) is 0 Å². The largest absolute Gasteiger partial charge is 0.481 e. The van der Waals surface area contributed by atoms with Crippen LogP contribution in [0.2, 0.25) is 0 Å². The Bertz CT molecular complexity index is 1370. The molecule has 0 bridgehead atoms. The lowest BCUT2D eigenvalue weighted by atomic mass is 9.76. The zero-order valence-corrected chi connectivity index (χ0v) is 20.5. The molecule has 0 saturated carbocycles. The van der Waals surface area contributed by atoms with E-state index in [-0.39, 0.29) is 22.7 Å². The van der Waals surface area contributed by atoms with E-state index in [9.17, 15) is 49.1 Å². The Balaban J connectivity index is 1.97. The van der Waals surface area contributed by atoms with Gasteiger partial charge in [-0.1, -0.05) is 18.2 Å². The van der Waals surface area contributed by atoms with E-state index < -0.39 is 63.4 Å². The van der Waals surface area contributed by atoms with Crippen LogP contribution >= 0.6 is 0 Å². The molecule has 0 saturated heterocycles. The summed E-state index contributed by atoms with van der Waals surface area (Å²) in [6.07, 6.45) is -13.3. The molecule has 0 radical (unpaired) electrons. The molecule has 2 amide bonds. The lowest BCUT2D eigenvalue weighted by Gasteiger charge is -2.36. The van der Waals surface area contributed by atoms with Gasteiger partial charge in [0.2, 0.25) is 5.91 Å². The third-order valence-corrected chi connectivity index (χ3v) is 7.28. The van der Waals surface area contributed by atoms with E-state index in [1.54, 1.807) is 0 Å². The molecule has 38 heavy (non-hydrogen) atoms. The average molecular weight is 566 g/mol. The standard InChI is InChI=1S/C23H20F6N2O6S/c1-12(32)31-11-13-9-16(38(2,36)37)7-8-17(13)19(31)20(35)30-15-5-3-14(4-6-15)21(10-18(33)34,22(24,25)26)23(27,28)29/h3-9,19H,10-11H2,1-2H3,(H,30,35)(H,33,34). The van der Waals surface area contributed by atoms with Gasteiger partial charge in [-0.3, -0.25) is 14.4 Å². The maximum atomic E-state index is 13.7. The van der Waals surface area contributed by atoms with Crippen molar-refractivity contribution in [2.24, 2.45) is 0 Å². The molecule has 15 heteroatoms. The highest BCUT2D eigenvalue weighted by Crippen LogP contribution is 2.54. The molecular formula is C23H20F6N2O6S. The van der Waals surface area contributed by atoms with Gasteiger partial charge in [-0.15, -0.1) is 0 Å². The summed E-state index contributed by atoms with van der Waals surface area (Å²) in [6, 6.07) is 4.97. The summed E-state index contributed by atoms with van der Waals surface area (Å²) in [5, 5.41) is 11.1. The van der Waals surface area contributed by atoms with Gasteiger partial charge in [0.1, 0.15) is 6.04 Å². The van der Waals surface area contributed by atoms with Gasteiger partial charge in [0, 0.05) is 25.4 Å². The minimum Gasteiger partial charge on any atom is -0.481 e. The minimum absolute atomic E-state index is 0.0458. The Morgan fingerprint density at radius 3 is 2.00 bits per heavy atom. The second kappa shape index (κ2) is 9.60. The Kier molecular flexibility index (Phi) is 7.31. The van der Waals surface area contributed by atoms with Crippen molar-refractivity contribution in [1.29, 1.82) is 0 Å². The van der Waals surface area contributed by atoms with Gasteiger partial charge in [-0.25, -0.2) is 8.42 Å². The molecule has 3 rings (SSSR count). The third kappa shape index (κ3) is 5.19. The second-order valence-corrected chi connectivity index (χ2v) is 10.7. The minimum atomic E-state index is -6.01. The molecule has 206 valence electrons. The fourth-order valence-electron chi connectivity index (χ4n) is 4.30. The fraction of sp³-hybridized carbons (Fsp3) is 0.348. The highest BCUT2D eigenvalue weighted by atomic mass is 32.2. The number of alkyl halides is 6. The predicted molar refractivity (Wildman–Crippen MR) is 120 cm³/mol. The van der Waals surface area contributed by atoms with Crippen molar-refractivity contribution in [3.8, 4) is 0 Å². The molecule has 2 aromatic carbocycles. The molecule has 2 aromatic rings. The zero-order valence-electron chi connectivity index (χ0n) is 19.6. The number of nitrogens with zero attached hydrogens (tertiary/aromatic N) is 1. The number of carboxylic acids is 1. The van der Waals surface area contributed by atoms with E-state index in [0.29, 0.717) is 17.7 Å². The average Bonchev–Trinajstić information content (AvgIpc) is 3.15. The molecule has 1 heterocycles. The van der Waals surface area contributed by atoms with Crippen molar-refractivity contribution >= 4 is 33.3 Å². The molecule has 8 nitrogen and oxygen atoms in total. The van der Waals surface area contributed by atoms with Crippen LogP contribution in [0.25, 0.3) is 0 Å². The lowest BCUT2D eigenvalue weighted by Crippen LogP contribution is -2.55. The zero-order chi connectivity index (χ0) is 28.8. The van der Waals surface area contributed by atoms with Gasteiger partial charge in [0.25, 0.3) is 5.91 Å². The highest BCUT2D eigenvalue weighted by Gasteiger charge is 2.72. The number of nitrogens with one attached hydrogen (secondary N) is 1. The van der Waals surface area contributed by atoms with Gasteiger partial charge >= 0.3 is 18.3 Å². The SMILES string of the molecule is CC(=O)N1Cc2cc(S(C)(=O)=O)ccc2C1C(=O)Nc1ccc(C(CC(=O)O)(C(F)(F)F)C(F)(F)F)cc1. The van der Waals surface area contributed by atoms with Crippen LogP contribution in [0, 0.1) is 0 Å². The number of carboxylic acid groups (broad SMARTS) is 1. The summed E-state index contributed by atoms with van der Waals surface area (Å²) in [4.78, 5) is 37.3. The highest BCUT2D eigenvalue weighted by molar-refractivity contribution is 7.90. The van der Waals surface area contributed by atoms with E-state index >= 15 is 0 Å². The second-order valence-electron chi connectivity index (χ2n) is 8.72. The molecule has 2 N–H and O–H groups in total. The number of fused-ring (bicyclic) bond motifs is 1. The van der Waals surface area contributed by atoms with Gasteiger partial charge in [0.05, 0.1) is 11.3 Å². The number of halogens is 6. The molecule has 0 spiro atoms. The molecule has 1 aliphatic heterocycles. The number of anilines is 1. The monoisotopic (exact) mass is 566 g/mol. The van der Waals surface area contributed by atoms with Crippen LogP contribution < -0.4 is 5.32 Å². The quantitative estimate of drug-likeness (QED) is 0.511. The summed E-state index contributed by atoms with van der Waals surface area (Å²) in [6.45, 7) is 1.05. The molecule has 0 fully saturated rings. The number of carbonyl (C=O) groups excluding carboxylic acids is 2. The third-order valence-electron chi connectivity index (χ3n) is 6.17. The van der Waals surface area contributed by atoms with Crippen LogP contribution in [-0.2, 0) is 36.2 Å². The summed E-state index contributed by atoms with van der Waals surface area (Å²) in [5.41, 5.74) is -5.65. The maximum absolute atomic E-state index is 13.7. The number of aliphatic carboxylic acids is 1. The first-order valence-corrected chi connectivity index (χ1v) is 12.6. The molecule has 1 unspecified atom stereocenters.